The van der Waals surface area contributed by atoms with Crippen LogP contribution in [0.2, 0.25) is 0 Å². The van der Waals surface area contributed by atoms with Crippen LogP contribution in [0.15, 0.2) is 50.5 Å². The maximum absolute atomic E-state index is 13.7. The van der Waals surface area contributed by atoms with Crippen LogP contribution in [0.4, 0.5) is 24.0 Å². The highest BCUT2D eigenvalue weighted by molar-refractivity contribution is 8.13. The van der Waals surface area contributed by atoms with Crippen molar-refractivity contribution in [3.05, 3.63) is 53.8 Å². The number of nitrogens with zero attached hydrogens (tertiary/aromatic N) is 2. The summed E-state index contributed by atoms with van der Waals surface area (Å²) in [6.07, 6.45) is 0. The van der Waals surface area contributed by atoms with Gasteiger partial charge in [-0.3, -0.25) is 0 Å². The summed E-state index contributed by atoms with van der Waals surface area (Å²) in [5.41, 5.74) is 0.528. The lowest BCUT2D eigenvalue weighted by molar-refractivity contribution is 0.435. The SMILES string of the molecule is O=S(=O)(Cl)c1ccc(Nc2nnc(Sc3ccc(F)c(F)c3F)s2)cc1. The summed E-state index contributed by atoms with van der Waals surface area (Å²) >= 11 is 1.85. The molecule has 3 aromatic rings. The normalized spacial score (nSPS) is 11.5. The van der Waals surface area contributed by atoms with Crippen LogP contribution in [0.25, 0.3) is 0 Å². The van der Waals surface area contributed by atoms with Gasteiger partial charge in [-0.2, -0.15) is 0 Å². The maximum Gasteiger partial charge on any atom is 0.261 e. The van der Waals surface area contributed by atoms with Crippen LogP contribution < -0.4 is 5.32 Å². The molecule has 0 aliphatic heterocycles. The van der Waals surface area contributed by atoms with Crippen molar-refractivity contribution in [1.29, 1.82) is 0 Å². The monoisotopic (exact) mass is 437 g/mol. The Morgan fingerprint density at radius 1 is 1.00 bits per heavy atom. The summed E-state index contributed by atoms with van der Waals surface area (Å²) in [6, 6.07) is 7.54. The Labute approximate surface area is 158 Å². The van der Waals surface area contributed by atoms with Crippen LogP contribution in [0, 0.1) is 17.5 Å². The Morgan fingerprint density at radius 2 is 1.69 bits per heavy atom. The lowest BCUT2D eigenvalue weighted by atomic mass is 10.3. The molecule has 136 valence electrons. The summed E-state index contributed by atoms with van der Waals surface area (Å²) in [4.78, 5) is -0.171. The van der Waals surface area contributed by atoms with E-state index in [4.69, 9.17) is 10.7 Å². The second-order valence-electron chi connectivity index (χ2n) is 4.74. The van der Waals surface area contributed by atoms with E-state index in [1.165, 1.54) is 24.3 Å². The molecule has 0 aliphatic rings. The third-order valence-electron chi connectivity index (χ3n) is 2.99. The quantitative estimate of drug-likeness (QED) is 0.457. The van der Waals surface area contributed by atoms with Gasteiger partial charge in [-0.05, 0) is 36.4 Å². The van der Waals surface area contributed by atoms with Crippen LogP contribution >= 0.6 is 33.8 Å². The first-order valence-electron chi connectivity index (χ1n) is 6.70. The first-order valence-corrected chi connectivity index (χ1v) is 10.6. The molecule has 0 spiro atoms. The number of nitrogens with one attached hydrogen (secondary N) is 1. The Morgan fingerprint density at radius 3 is 2.35 bits per heavy atom. The lowest BCUT2D eigenvalue weighted by Crippen LogP contribution is -1.92. The van der Waals surface area contributed by atoms with Gasteiger partial charge < -0.3 is 5.32 Å². The average molecular weight is 438 g/mol. The fourth-order valence-corrected chi connectivity index (χ4v) is 4.33. The molecule has 26 heavy (non-hydrogen) atoms. The molecular weight excluding hydrogens is 431 g/mol. The van der Waals surface area contributed by atoms with E-state index in [0.717, 1.165) is 35.2 Å². The highest BCUT2D eigenvalue weighted by Gasteiger charge is 2.16. The summed E-state index contributed by atoms with van der Waals surface area (Å²) in [7, 11) is 1.42. The zero-order valence-corrected chi connectivity index (χ0v) is 15.6. The number of hydrogen-bond donors (Lipinski definition) is 1. The Kier molecular flexibility index (Phi) is 5.42. The number of rotatable bonds is 5. The predicted molar refractivity (Wildman–Crippen MR) is 93.1 cm³/mol. The van der Waals surface area contributed by atoms with E-state index in [1.807, 2.05) is 0 Å². The minimum absolute atomic E-state index is 0.0490. The van der Waals surface area contributed by atoms with Crippen molar-refractivity contribution in [2.24, 2.45) is 0 Å². The lowest BCUT2D eigenvalue weighted by Gasteiger charge is -2.02. The molecule has 1 N–H and O–H groups in total. The Balaban J connectivity index is 1.73. The molecule has 0 saturated carbocycles. The van der Waals surface area contributed by atoms with Crippen LogP contribution in [0.1, 0.15) is 0 Å². The molecule has 0 radical (unpaired) electrons. The van der Waals surface area contributed by atoms with E-state index >= 15 is 0 Å². The number of anilines is 2. The number of hydrogen-bond acceptors (Lipinski definition) is 7. The third kappa shape index (κ3) is 4.29. The Bertz CT molecular complexity index is 1060. The molecule has 0 atom stereocenters. The van der Waals surface area contributed by atoms with Crippen molar-refractivity contribution in [2.75, 3.05) is 5.32 Å². The van der Waals surface area contributed by atoms with Gasteiger partial charge in [0.25, 0.3) is 9.05 Å². The second kappa shape index (κ2) is 7.43. The summed E-state index contributed by atoms with van der Waals surface area (Å²) in [5.74, 6) is -4.11. The maximum atomic E-state index is 13.7. The molecule has 12 heteroatoms. The summed E-state index contributed by atoms with van der Waals surface area (Å²) < 4.78 is 62.6. The van der Waals surface area contributed by atoms with Gasteiger partial charge in [0.1, 0.15) is 0 Å². The molecule has 0 unspecified atom stereocenters. The van der Waals surface area contributed by atoms with Crippen LogP contribution in [0.5, 0.6) is 0 Å². The fourth-order valence-electron chi connectivity index (χ4n) is 1.81. The number of aromatic nitrogens is 2. The third-order valence-corrected chi connectivity index (χ3v) is 6.29. The number of benzene rings is 2. The minimum atomic E-state index is -3.81. The van der Waals surface area contributed by atoms with E-state index in [9.17, 15) is 21.6 Å². The van der Waals surface area contributed by atoms with Gasteiger partial charge >= 0.3 is 0 Å². The van der Waals surface area contributed by atoms with Gasteiger partial charge in [0, 0.05) is 16.4 Å². The molecule has 1 heterocycles. The summed E-state index contributed by atoms with van der Waals surface area (Å²) in [5, 5.41) is 10.9. The van der Waals surface area contributed by atoms with E-state index in [-0.39, 0.29) is 9.79 Å². The van der Waals surface area contributed by atoms with Crippen molar-refractivity contribution < 1.29 is 21.6 Å². The first-order chi connectivity index (χ1) is 12.2. The fraction of sp³-hybridized carbons (Fsp3) is 0. The highest BCUT2D eigenvalue weighted by Crippen LogP contribution is 2.35. The van der Waals surface area contributed by atoms with E-state index in [0.29, 0.717) is 15.2 Å². The van der Waals surface area contributed by atoms with Gasteiger partial charge in [-0.15, -0.1) is 10.2 Å². The molecule has 0 aliphatic carbocycles. The van der Waals surface area contributed by atoms with E-state index in [1.54, 1.807) is 0 Å². The molecule has 5 nitrogen and oxygen atoms in total. The van der Waals surface area contributed by atoms with Gasteiger partial charge in [0.05, 0.1) is 9.79 Å². The minimum Gasteiger partial charge on any atom is -0.330 e. The van der Waals surface area contributed by atoms with Gasteiger partial charge in [-0.1, -0.05) is 23.1 Å². The van der Waals surface area contributed by atoms with Gasteiger partial charge in [0.2, 0.25) is 5.13 Å². The molecule has 0 fully saturated rings. The zero-order valence-electron chi connectivity index (χ0n) is 12.4. The Hall–Kier alpha value is -1.82. The second-order valence-corrected chi connectivity index (χ2v) is 9.57. The van der Waals surface area contributed by atoms with Crippen LogP contribution in [0.3, 0.4) is 0 Å². The van der Waals surface area contributed by atoms with Crippen molar-refractivity contribution >= 4 is 53.7 Å². The van der Waals surface area contributed by atoms with Crippen molar-refractivity contribution in [3.8, 4) is 0 Å². The standard InChI is InChI=1S/C14H7ClF3N3O2S3/c15-26(22,23)8-3-1-7(2-4-8)19-13-20-21-14(25-13)24-10-6-5-9(16)11(17)12(10)18/h1-6H,(H,19,20). The van der Waals surface area contributed by atoms with E-state index in [2.05, 4.69) is 15.5 Å². The summed E-state index contributed by atoms with van der Waals surface area (Å²) in [6.45, 7) is 0. The van der Waals surface area contributed by atoms with Crippen LogP contribution in [-0.2, 0) is 9.05 Å². The average Bonchev–Trinajstić information content (AvgIpc) is 3.02. The molecular formula is C14H7ClF3N3O2S3. The van der Waals surface area contributed by atoms with Crippen molar-refractivity contribution in [3.63, 3.8) is 0 Å². The van der Waals surface area contributed by atoms with Crippen molar-refractivity contribution in [1.82, 2.24) is 10.2 Å². The number of halogens is 4. The van der Waals surface area contributed by atoms with Gasteiger partial charge in [-0.25, -0.2) is 21.6 Å². The molecule has 2 aromatic carbocycles. The largest absolute Gasteiger partial charge is 0.330 e. The molecule has 0 saturated heterocycles. The first kappa shape index (κ1) is 19.0. The molecule has 3 rings (SSSR count). The van der Waals surface area contributed by atoms with E-state index < -0.39 is 26.5 Å². The smallest absolute Gasteiger partial charge is 0.261 e. The zero-order chi connectivity index (χ0) is 18.9. The van der Waals surface area contributed by atoms with Crippen molar-refractivity contribution in [2.45, 2.75) is 14.1 Å². The molecule has 1 aromatic heterocycles. The topological polar surface area (TPSA) is 72.0 Å². The highest BCUT2D eigenvalue weighted by atomic mass is 35.7. The predicted octanol–water partition coefficient (Wildman–Crippen LogP) is 4.78. The van der Waals surface area contributed by atoms with Gasteiger partial charge in [0.15, 0.2) is 21.8 Å². The molecule has 0 bridgehead atoms. The van der Waals surface area contributed by atoms with Crippen LogP contribution in [-0.4, -0.2) is 18.6 Å². The molecule has 0 amide bonds.